The number of ether oxygens (including phenoxy) is 1. The monoisotopic (exact) mass is 563 g/mol. The molecule has 0 aliphatic carbocycles. The van der Waals surface area contributed by atoms with Gasteiger partial charge in [0.1, 0.15) is 17.7 Å². The van der Waals surface area contributed by atoms with Gasteiger partial charge in [0.05, 0.1) is 0 Å². The molecule has 0 saturated carbocycles. The van der Waals surface area contributed by atoms with Gasteiger partial charge in [-0.2, -0.15) is 0 Å². The molecule has 224 valence electrons. The average Bonchev–Trinajstić information content (AvgIpc) is 2.95. The number of carbonyl (C=O) groups excluding carboxylic acids is 3. The summed E-state index contributed by atoms with van der Waals surface area (Å²) in [5, 5.41) is 5.89. The van der Waals surface area contributed by atoms with Crippen LogP contribution in [0.15, 0.2) is 61.2 Å². The van der Waals surface area contributed by atoms with Gasteiger partial charge in [0.25, 0.3) is 0 Å². The Morgan fingerprint density at radius 2 is 1.71 bits per heavy atom. The van der Waals surface area contributed by atoms with Gasteiger partial charge in [-0.3, -0.25) is 9.59 Å². The van der Waals surface area contributed by atoms with Crippen LogP contribution in [-0.2, 0) is 20.9 Å². The molecule has 0 aliphatic heterocycles. The van der Waals surface area contributed by atoms with E-state index in [2.05, 4.69) is 24.1 Å². The van der Waals surface area contributed by atoms with E-state index in [4.69, 9.17) is 4.74 Å². The van der Waals surface area contributed by atoms with Crippen LogP contribution in [0, 0.1) is 5.92 Å². The molecule has 2 rings (SSSR count). The van der Waals surface area contributed by atoms with Crippen LogP contribution in [0.25, 0.3) is 6.08 Å². The van der Waals surface area contributed by atoms with Crippen molar-refractivity contribution in [2.75, 3.05) is 6.54 Å². The second kappa shape index (κ2) is 16.6. The molecule has 0 aliphatic rings. The Morgan fingerprint density at radius 3 is 2.32 bits per heavy atom. The molecule has 7 heteroatoms. The molecule has 2 aromatic carbocycles. The van der Waals surface area contributed by atoms with Crippen LogP contribution in [0.1, 0.15) is 96.4 Å². The van der Waals surface area contributed by atoms with Gasteiger partial charge in [0.2, 0.25) is 11.8 Å². The normalized spacial score (nSPS) is 13.4. The van der Waals surface area contributed by atoms with Crippen LogP contribution in [0.4, 0.5) is 4.79 Å². The van der Waals surface area contributed by atoms with E-state index in [1.807, 2.05) is 68.4 Å². The zero-order valence-corrected chi connectivity index (χ0v) is 25.7. The molecular weight excluding hydrogens is 514 g/mol. The summed E-state index contributed by atoms with van der Waals surface area (Å²) in [4.78, 5) is 42.9. The van der Waals surface area contributed by atoms with Gasteiger partial charge in [0.15, 0.2) is 0 Å². The highest BCUT2D eigenvalue weighted by Gasteiger charge is 2.38. The molecule has 0 saturated heterocycles. The minimum atomic E-state index is -0.889. The molecule has 3 atom stereocenters. The fourth-order valence-electron chi connectivity index (χ4n) is 4.58. The van der Waals surface area contributed by atoms with E-state index in [0.29, 0.717) is 25.1 Å². The van der Waals surface area contributed by atoms with Gasteiger partial charge in [0, 0.05) is 13.1 Å². The Morgan fingerprint density at radius 1 is 1.00 bits per heavy atom. The summed E-state index contributed by atoms with van der Waals surface area (Å²) < 4.78 is 5.51. The zero-order chi connectivity index (χ0) is 30.4. The molecular formula is C34H49N3O4. The largest absolute Gasteiger partial charge is 0.444 e. The lowest BCUT2D eigenvalue weighted by atomic mass is 9.95. The molecule has 0 heterocycles. The number of nitrogens with one attached hydrogen (secondary N) is 2. The highest BCUT2D eigenvalue weighted by atomic mass is 16.6. The molecule has 2 N–H and O–H groups in total. The maximum absolute atomic E-state index is 14.4. The highest BCUT2D eigenvalue weighted by Crippen LogP contribution is 2.27. The quantitative estimate of drug-likeness (QED) is 0.228. The molecule has 7 nitrogen and oxygen atoms in total. The van der Waals surface area contributed by atoms with Crippen molar-refractivity contribution in [3.8, 4) is 0 Å². The molecule has 0 spiro atoms. The molecule has 3 unspecified atom stereocenters. The van der Waals surface area contributed by atoms with E-state index < -0.39 is 23.8 Å². The second-order valence-electron chi connectivity index (χ2n) is 11.6. The van der Waals surface area contributed by atoms with Crippen molar-refractivity contribution in [1.82, 2.24) is 15.5 Å². The number of unbranched alkanes of at least 4 members (excludes halogenated alkanes) is 3. The maximum atomic E-state index is 14.4. The van der Waals surface area contributed by atoms with Crippen molar-refractivity contribution in [3.05, 3.63) is 77.9 Å². The van der Waals surface area contributed by atoms with Crippen molar-refractivity contribution in [2.24, 2.45) is 5.92 Å². The van der Waals surface area contributed by atoms with Crippen LogP contribution >= 0.6 is 0 Å². The van der Waals surface area contributed by atoms with Crippen LogP contribution < -0.4 is 10.6 Å². The van der Waals surface area contributed by atoms with Gasteiger partial charge in [-0.05, 0) is 55.9 Å². The van der Waals surface area contributed by atoms with Gasteiger partial charge in [-0.25, -0.2) is 4.79 Å². The minimum Gasteiger partial charge on any atom is -0.444 e. The van der Waals surface area contributed by atoms with Crippen molar-refractivity contribution >= 4 is 24.0 Å². The Bertz CT molecular complexity index is 1130. The fourth-order valence-corrected chi connectivity index (χ4v) is 4.58. The van der Waals surface area contributed by atoms with Crippen LogP contribution in [0.2, 0.25) is 0 Å². The molecule has 0 aromatic heterocycles. The third-order valence-corrected chi connectivity index (χ3v) is 7.02. The zero-order valence-electron chi connectivity index (χ0n) is 25.7. The predicted octanol–water partition coefficient (Wildman–Crippen LogP) is 7.04. The van der Waals surface area contributed by atoms with E-state index in [1.165, 1.54) is 0 Å². The number of benzene rings is 2. The molecule has 41 heavy (non-hydrogen) atoms. The van der Waals surface area contributed by atoms with Gasteiger partial charge in [-0.15, -0.1) is 0 Å². The first-order valence-corrected chi connectivity index (χ1v) is 14.8. The third kappa shape index (κ3) is 11.1. The fraction of sp³-hybridized carbons (Fsp3) is 0.500. The van der Waals surface area contributed by atoms with Crippen LogP contribution in [-0.4, -0.2) is 41.0 Å². The lowest BCUT2D eigenvalue weighted by Gasteiger charge is -2.36. The summed E-state index contributed by atoms with van der Waals surface area (Å²) in [6.45, 7) is 16.0. The lowest BCUT2D eigenvalue weighted by Crippen LogP contribution is -2.55. The van der Waals surface area contributed by atoms with Crippen LogP contribution in [0.5, 0.6) is 0 Å². The number of hydrogen-bond donors (Lipinski definition) is 2. The maximum Gasteiger partial charge on any atom is 0.408 e. The second-order valence-corrected chi connectivity index (χ2v) is 11.6. The summed E-state index contributed by atoms with van der Waals surface area (Å²) in [5.41, 5.74) is 1.80. The molecule has 2 aromatic rings. The highest BCUT2D eigenvalue weighted by molar-refractivity contribution is 5.92. The van der Waals surface area contributed by atoms with Gasteiger partial charge >= 0.3 is 6.09 Å². The standard InChI is InChI=1S/C34H49N3O4/c1-8-11-12-16-22-37(32(39)29(25(4)9-2)36-33(40)41-34(5,6)7)30(28-21-17-20-26(10-3)23-28)31(38)35-24-27-18-14-13-15-19-27/h10,13-15,17-21,23,25,29-30H,3,8-9,11-12,16,22,24H2,1-2,4-7H3,(H,35,38)(H,36,40). The van der Waals surface area contributed by atoms with E-state index in [1.54, 1.807) is 31.7 Å². The summed E-state index contributed by atoms with van der Waals surface area (Å²) in [6.07, 6.45) is 5.48. The van der Waals surface area contributed by atoms with Crippen molar-refractivity contribution < 1.29 is 19.1 Å². The minimum absolute atomic E-state index is 0.180. The topological polar surface area (TPSA) is 87.7 Å². The smallest absolute Gasteiger partial charge is 0.408 e. The molecule has 0 fully saturated rings. The number of carbonyl (C=O) groups is 3. The third-order valence-electron chi connectivity index (χ3n) is 7.02. The molecule has 0 bridgehead atoms. The van der Waals surface area contributed by atoms with Crippen LogP contribution in [0.3, 0.4) is 0 Å². The summed E-state index contributed by atoms with van der Waals surface area (Å²) >= 11 is 0. The first-order chi connectivity index (χ1) is 19.5. The summed E-state index contributed by atoms with van der Waals surface area (Å²) in [5.74, 6) is -0.759. The van der Waals surface area contributed by atoms with E-state index >= 15 is 0 Å². The summed E-state index contributed by atoms with van der Waals surface area (Å²) in [7, 11) is 0. The van der Waals surface area contributed by atoms with Gasteiger partial charge < -0.3 is 20.3 Å². The Hall–Kier alpha value is -3.61. The lowest BCUT2D eigenvalue weighted by molar-refractivity contribution is -0.143. The average molecular weight is 564 g/mol. The Kier molecular flexibility index (Phi) is 13.6. The first-order valence-electron chi connectivity index (χ1n) is 14.8. The van der Waals surface area contributed by atoms with Gasteiger partial charge in [-0.1, -0.05) is 108 Å². The first kappa shape index (κ1) is 33.6. The SMILES string of the molecule is C=Cc1cccc(C(C(=O)NCc2ccccc2)N(CCCCCC)C(=O)C(NC(=O)OC(C)(C)C)C(C)CC)c1. The number of alkyl carbamates (subject to hydrolysis) is 1. The number of hydrogen-bond acceptors (Lipinski definition) is 4. The van der Waals surface area contributed by atoms with Crippen molar-refractivity contribution in [1.29, 1.82) is 0 Å². The Balaban J connectivity index is 2.53. The predicted molar refractivity (Wildman–Crippen MR) is 166 cm³/mol. The number of rotatable bonds is 15. The molecule has 3 amide bonds. The van der Waals surface area contributed by atoms with Crippen molar-refractivity contribution in [2.45, 2.75) is 97.9 Å². The molecule has 0 radical (unpaired) electrons. The number of amides is 3. The van der Waals surface area contributed by atoms with E-state index in [0.717, 1.165) is 36.8 Å². The van der Waals surface area contributed by atoms with E-state index in [-0.39, 0.29) is 17.7 Å². The van der Waals surface area contributed by atoms with Crippen molar-refractivity contribution in [3.63, 3.8) is 0 Å². The number of nitrogens with zero attached hydrogens (tertiary/aromatic N) is 1. The Labute approximate surface area is 246 Å². The van der Waals surface area contributed by atoms with E-state index in [9.17, 15) is 14.4 Å². The summed E-state index contributed by atoms with van der Waals surface area (Å²) in [6, 6.07) is 15.5.